The Morgan fingerprint density at radius 3 is 2.40 bits per heavy atom. The number of aliphatic hydroxyl groups excluding tert-OH is 1. The van der Waals surface area contributed by atoms with E-state index >= 15 is 0 Å². The lowest BCUT2D eigenvalue weighted by atomic mass is 10.2. The molecular weight excluding hydrogens is 200 g/mol. The lowest BCUT2D eigenvalue weighted by Gasteiger charge is -2.03. The first-order chi connectivity index (χ1) is 6.95. The topological polar surface area (TPSA) is 20.2 Å². The fourth-order valence-corrected chi connectivity index (χ4v) is 1.34. The summed E-state index contributed by atoms with van der Waals surface area (Å²) in [6.07, 6.45) is 6.66. The van der Waals surface area contributed by atoms with Gasteiger partial charge in [0.2, 0.25) is 0 Å². The minimum Gasteiger partial charge on any atom is -0.369 e. The van der Waals surface area contributed by atoms with Gasteiger partial charge in [0, 0.05) is 12.8 Å². The van der Waals surface area contributed by atoms with Crippen LogP contribution in [0.5, 0.6) is 0 Å². The molecule has 0 aromatic heterocycles. The second-order valence-corrected chi connectivity index (χ2v) is 9.05. The van der Waals surface area contributed by atoms with Gasteiger partial charge in [0.25, 0.3) is 0 Å². The Labute approximate surface area is 94.3 Å². The highest BCUT2D eigenvalue weighted by atomic mass is 28.3. The van der Waals surface area contributed by atoms with Crippen LogP contribution in [0.25, 0.3) is 0 Å². The Kier molecular flexibility index (Phi) is 6.64. The highest BCUT2D eigenvalue weighted by Crippen LogP contribution is 1.96. The van der Waals surface area contributed by atoms with Gasteiger partial charge >= 0.3 is 0 Å². The molecule has 0 amide bonds. The van der Waals surface area contributed by atoms with Crippen molar-refractivity contribution in [2.45, 2.75) is 45.0 Å². The first kappa shape index (κ1) is 13.9. The second-order valence-electron chi connectivity index (χ2n) is 4.30. The first-order valence-corrected chi connectivity index (χ1v) is 8.58. The molecule has 1 N–H and O–H groups in total. The average molecular weight is 218 g/mol. The molecule has 1 nitrogen and oxygen atoms in total. The highest BCUT2D eigenvalue weighted by Gasteiger charge is 2.07. The highest BCUT2D eigenvalue weighted by molar-refractivity contribution is 6.83. The predicted octanol–water partition coefficient (Wildman–Crippen LogP) is 2.03. The summed E-state index contributed by atoms with van der Waals surface area (Å²) < 4.78 is 0. The summed E-state index contributed by atoms with van der Waals surface area (Å²) in [5, 5.41) is 9.40. The molecule has 0 aliphatic heterocycles. The van der Waals surface area contributed by atoms with Gasteiger partial charge < -0.3 is 5.11 Å². The molecule has 2 heteroatoms. The van der Waals surface area contributed by atoms with Crippen molar-refractivity contribution in [1.29, 1.82) is 0 Å². The third-order valence-electron chi connectivity index (χ3n) is 1.45. The summed E-state index contributed by atoms with van der Waals surface area (Å²) >= 11 is 0. The lowest BCUT2D eigenvalue weighted by Crippen LogP contribution is -2.17. The summed E-state index contributed by atoms with van der Waals surface area (Å²) in [6.45, 7) is 6.40. The van der Waals surface area contributed by atoms with Crippen molar-refractivity contribution in [2.24, 2.45) is 0 Å². The third kappa shape index (κ3) is 10.8. The largest absolute Gasteiger partial charge is 0.369 e. The van der Waals surface area contributed by atoms with Crippen molar-refractivity contribution in [3.05, 3.63) is 0 Å². The van der Waals surface area contributed by atoms with Gasteiger partial charge in [-0.3, -0.25) is 0 Å². The zero-order valence-corrected chi connectivity index (χ0v) is 10.7. The zero-order valence-electron chi connectivity index (χ0n) is 9.72. The van der Waals surface area contributed by atoms with Gasteiger partial charge in [0.1, 0.15) is 8.07 Å². The van der Waals surface area contributed by atoms with Gasteiger partial charge in [-0.2, -0.15) is 0 Å². The Hall–Kier alpha value is -1.14. The molecule has 0 saturated carbocycles. The van der Waals surface area contributed by atoms with Crippen molar-refractivity contribution >= 4 is 8.07 Å². The lowest BCUT2D eigenvalue weighted by molar-refractivity contribution is 0.289. The number of aliphatic hydroxyl groups is 1. The molecule has 1 unspecified atom stereocenters. The maximum atomic E-state index is 9.40. The van der Waals surface area contributed by atoms with Crippen LogP contribution in [0.4, 0.5) is 0 Å². The van der Waals surface area contributed by atoms with Crippen LogP contribution in [0, 0.1) is 35.6 Å². The Balaban J connectivity index is 3.97. The van der Waals surface area contributed by atoms with Gasteiger partial charge in [-0.1, -0.05) is 37.4 Å². The van der Waals surface area contributed by atoms with E-state index in [2.05, 4.69) is 48.9 Å². The Morgan fingerprint density at radius 2 is 1.87 bits per heavy atom. The second kappa shape index (κ2) is 7.19. The SMILES string of the molecule is C#CCCCC#CC(O)C#C[Si](C)(C)C. The molecule has 0 aliphatic rings. The summed E-state index contributed by atoms with van der Waals surface area (Å²) in [5.41, 5.74) is 3.08. The number of hydrogen-bond acceptors (Lipinski definition) is 1. The fourth-order valence-electron chi connectivity index (χ4n) is 0.769. The van der Waals surface area contributed by atoms with E-state index in [0.29, 0.717) is 0 Å². The molecule has 0 aromatic rings. The monoisotopic (exact) mass is 218 g/mol. The van der Waals surface area contributed by atoms with Gasteiger partial charge in [-0.25, -0.2) is 0 Å². The van der Waals surface area contributed by atoms with Crippen LogP contribution < -0.4 is 0 Å². The maximum Gasteiger partial charge on any atom is 0.175 e. The van der Waals surface area contributed by atoms with Crippen molar-refractivity contribution in [2.75, 3.05) is 0 Å². The Morgan fingerprint density at radius 1 is 1.20 bits per heavy atom. The molecule has 0 saturated heterocycles. The minimum atomic E-state index is -1.40. The number of rotatable bonds is 2. The van der Waals surface area contributed by atoms with Crippen LogP contribution in [0.15, 0.2) is 0 Å². The molecule has 0 fully saturated rings. The molecule has 0 aliphatic carbocycles. The van der Waals surface area contributed by atoms with E-state index in [-0.39, 0.29) is 0 Å². The normalized spacial score (nSPS) is 11.4. The van der Waals surface area contributed by atoms with Gasteiger partial charge in [0.05, 0.1) is 0 Å². The summed E-state index contributed by atoms with van der Waals surface area (Å²) in [5.74, 6) is 10.9. The minimum absolute atomic E-state index is 0.732. The van der Waals surface area contributed by atoms with E-state index in [1.54, 1.807) is 0 Å². The summed E-state index contributed by atoms with van der Waals surface area (Å²) in [7, 11) is -1.40. The summed E-state index contributed by atoms with van der Waals surface area (Å²) in [6, 6.07) is 0. The van der Waals surface area contributed by atoms with E-state index in [0.717, 1.165) is 19.3 Å². The molecule has 0 aromatic carbocycles. The Bertz CT molecular complexity index is 335. The van der Waals surface area contributed by atoms with Crippen LogP contribution in [-0.2, 0) is 0 Å². The summed E-state index contributed by atoms with van der Waals surface area (Å²) in [4.78, 5) is 0. The van der Waals surface area contributed by atoms with Crippen LogP contribution in [0.2, 0.25) is 19.6 Å². The van der Waals surface area contributed by atoms with Crippen molar-refractivity contribution in [1.82, 2.24) is 0 Å². The molecule has 0 bridgehead atoms. The van der Waals surface area contributed by atoms with E-state index in [4.69, 9.17) is 6.42 Å². The van der Waals surface area contributed by atoms with E-state index < -0.39 is 14.2 Å². The van der Waals surface area contributed by atoms with Gasteiger partial charge in [0.15, 0.2) is 6.10 Å². The zero-order chi connectivity index (χ0) is 11.7. The molecule has 0 rings (SSSR count). The van der Waals surface area contributed by atoms with Crippen LogP contribution >= 0.6 is 0 Å². The van der Waals surface area contributed by atoms with E-state index in [9.17, 15) is 5.11 Å². The molecule has 1 atom stereocenters. The standard InChI is InChI=1S/C13H18OSi/c1-5-6-7-8-9-10-13(14)11-12-15(2,3)4/h1,13-14H,6-8H2,2-4H3. The van der Waals surface area contributed by atoms with Crippen LogP contribution in [0.3, 0.4) is 0 Å². The first-order valence-electron chi connectivity index (χ1n) is 5.08. The van der Waals surface area contributed by atoms with Gasteiger partial charge in [-0.05, 0) is 6.42 Å². The van der Waals surface area contributed by atoms with Gasteiger partial charge in [-0.15, -0.1) is 17.9 Å². The van der Waals surface area contributed by atoms with Crippen LogP contribution in [-0.4, -0.2) is 19.3 Å². The molecular formula is C13H18OSi. The molecule has 80 valence electrons. The predicted molar refractivity (Wildman–Crippen MR) is 67.6 cm³/mol. The van der Waals surface area contributed by atoms with E-state index in [1.165, 1.54) is 0 Å². The molecule has 0 heterocycles. The van der Waals surface area contributed by atoms with Crippen molar-refractivity contribution in [3.63, 3.8) is 0 Å². The number of hydrogen-bond donors (Lipinski definition) is 1. The third-order valence-corrected chi connectivity index (χ3v) is 2.34. The average Bonchev–Trinajstić information content (AvgIpc) is 2.13. The quantitative estimate of drug-likeness (QED) is 0.427. The van der Waals surface area contributed by atoms with Crippen molar-refractivity contribution < 1.29 is 5.11 Å². The maximum absolute atomic E-state index is 9.40. The number of unbranched alkanes of at least 4 members (excludes halogenated alkanes) is 2. The number of terminal acetylenes is 1. The molecule has 0 spiro atoms. The molecule has 15 heavy (non-hydrogen) atoms. The van der Waals surface area contributed by atoms with E-state index in [1.807, 2.05) is 0 Å². The molecule has 0 radical (unpaired) electrons. The van der Waals surface area contributed by atoms with Crippen LogP contribution in [0.1, 0.15) is 19.3 Å². The smallest absolute Gasteiger partial charge is 0.175 e. The fraction of sp³-hybridized carbons (Fsp3) is 0.538. The van der Waals surface area contributed by atoms with Crippen molar-refractivity contribution in [3.8, 4) is 35.6 Å².